The highest BCUT2D eigenvalue weighted by molar-refractivity contribution is 6.24. The number of pyridine rings is 1. The summed E-state index contributed by atoms with van der Waals surface area (Å²) >= 11 is 0. The molecule has 0 saturated heterocycles. The van der Waals surface area contributed by atoms with Gasteiger partial charge in [-0.3, -0.25) is 0 Å². The summed E-state index contributed by atoms with van der Waals surface area (Å²) in [6.45, 7) is 0. The fraction of sp³-hybridized carbons (Fsp3) is 0.0571. The molecule has 2 aliphatic carbocycles. The molecule has 2 heteroatoms. The predicted molar refractivity (Wildman–Crippen MR) is 153 cm³/mol. The van der Waals surface area contributed by atoms with E-state index in [1.165, 1.54) is 49.6 Å². The van der Waals surface area contributed by atoms with Crippen LogP contribution in [0.5, 0.6) is 11.5 Å². The second-order valence-electron chi connectivity index (χ2n) is 10.2. The number of para-hydroxylation sites is 1. The Morgan fingerprint density at radius 1 is 0.541 bits per heavy atom. The third-order valence-corrected chi connectivity index (χ3v) is 8.23. The number of rotatable bonds is 1. The zero-order valence-corrected chi connectivity index (χ0v) is 20.1. The van der Waals surface area contributed by atoms with Crippen molar-refractivity contribution in [2.45, 2.75) is 12.8 Å². The summed E-state index contributed by atoms with van der Waals surface area (Å²) in [5, 5.41) is 6.14. The van der Waals surface area contributed by atoms with Crippen LogP contribution in [-0.4, -0.2) is 4.98 Å². The summed E-state index contributed by atoms with van der Waals surface area (Å²) in [7, 11) is 0. The second-order valence-corrected chi connectivity index (χ2v) is 10.2. The van der Waals surface area contributed by atoms with Gasteiger partial charge in [0.25, 0.3) is 0 Å². The largest absolute Gasteiger partial charge is 0.456 e. The molecule has 172 valence electrons. The van der Waals surface area contributed by atoms with Gasteiger partial charge in [-0.2, -0.15) is 0 Å². The van der Waals surface area contributed by atoms with E-state index in [0.717, 1.165) is 51.9 Å². The Hall–Kier alpha value is -4.69. The summed E-state index contributed by atoms with van der Waals surface area (Å²) in [6, 6.07) is 32.6. The molecule has 37 heavy (non-hydrogen) atoms. The summed E-state index contributed by atoms with van der Waals surface area (Å²) in [4.78, 5) is 5.16. The summed E-state index contributed by atoms with van der Waals surface area (Å²) in [6.07, 6.45) is 7.08. The van der Waals surface area contributed by atoms with Gasteiger partial charge < -0.3 is 4.74 Å². The van der Waals surface area contributed by atoms with Crippen LogP contribution in [0.15, 0.2) is 103 Å². The Labute approximate surface area is 214 Å². The topological polar surface area (TPSA) is 22.1 Å². The number of ether oxygens (including phenoxy) is 1. The average molecular weight is 472 g/mol. The molecular formula is C35H21NO. The molecule has 0 radical (unpaired) electrons. The first kappa shape index (κ1) is 19.5. The minimum absolute atomic E-state index is 0.865. The summed E-state index contributed by atoms with van der Waals surface area (Å²) in [5.74, 6) is 1.74. The van der Waals surface area contributed by atoms with E-state index in [1.807, 2.05) is 18.2 Å². The number of aromatic nitrogens is 1. The smallest absolute Gasteiger partial charge is 0.137 e. The van der Waals surface area contributed by atoms with E-state index in [4.69, 9.17) is 9.72 Å². The van der Waals surface area contributed by atoms with Crippen LogP contribution in [0.4, 0.5) is 0 Å². The predicted octanol–water partition coefficient (Wildman–Crippen LogP) is 9.56. The molecule has 0 N–H and O–H groups in total. The van der Waals surface area contributed by atoms with Crippen molar-refractivity contribution in [1.82, 2.24) is 4.98 Å². The third kappa shape index (κ3) is 2.52. The van der Waals surface area contributed by atoms with E-state index >= 15 is 0 Å². The van der Waals surface area contributed by atoms with Crippen LogP contribution in [0.25, 0.3) is 66.0 Å². The van der Waals surface area contributed by atoms with Crippen molar-refractivity contribution in [3.63, 3.8) is 0 Å². The number of nitrogens with zero attached hydrogens (tertiary/aromatic N) is 1. The molecule has 0 bridgehead atoms. The maximum Gasteiger partial charge on any atom is 0.137 e. The van der Waals surface area contributed by atoms with E-state index < -0.39 is 0 Å². The van der Waals surface area contributed by atoms with E-state index in [2.05, 4.69) is 84.9 Å². The monoisotopic (exact) mass is 471 g/mol. The summed E-state index contributed by atoms with van der Waals surface area (Å²) < 4.78 is 6.30. The minimum atomic E-state index is 0.865. The quantitative estimate of drug-likeness (QED) is 0.222. The molecular weight excluding hydrogens is 450 g/mol. The standard InChI is InChI=1S/C35H21NO/c1-2-8-23-22(7-1)25-11-5-10-24-21(16-17-27(23)33(24)25)20-15-18-30-29(19-20)26-12-6-14-32-34(26)35(36-30)28-9-3-4-13-31(28)37-32/h3-19H,1-2H2. The molecule has 0 fully saturated rings. The summed E-state index contributed by atoms with van der Waals surface area (Å²) in [5.41, 5.74) is 11.1. The Morgan fingerprint density at radius 3 is 2.19 bits per heavy atom. The molecule has 6 aromatic rings. The molecule has 3 aliphatic rings. The van der Waals surface area contributed by atoms with Gasteiger partial charge in [0.05, 0.1) is 16.6 Å². The van der Waals surface area contributed by atoms with Crippen LogP contribution in [0.3, 0.4) is 0 Å². The molecule has 1 aromatic heterocycles. The normalized spacial score (nSPS) is 14.8. The highest BCUT2D eigenvalue weighted by Crippen LogP contribution is 2.50. The van der Waals surface area contributed by atoms with Gasteiger partial charge in [-0.25, -0.2) is 4.98 Å². The van der Waals surface area contributed by atoms with E-state index in [9.17, 15) is 0 Å². The highest BCUT2D eigenvalue weighted by Gasteiger charge is 2.27. The maximum atomic E-state index is 6.30. The zero-order chi connectivity index (χ0) is 24.1. The second kappa shape index (κ2) is 6.96. The molecule has 5 aromatic carbocycles. The van der Waals surface area contributed by atoms with Crippen LogP contribution >= 0.6 is 0 Å². The van der Waals surface area contributed by atoms with Gasteiger partial charge in [0, 0.05) is 10.9 Å². The number of hydrogen-bond donors (Lipinski definition) is 0. The molecule has 2 heterocycles. The van der Waals surface area contributed by atoms with Crippen LogP contribution in [0.1, 0.15) is 24.0 Å². The Morgan fingerprint density at radius 2 is 1.27 bits per heavy atom. The van der Waals surface area contributed by atoms with Crippen molar-refractivity contribution in [3.05, 3.63) is 114 Å². The van der Waals surface area contributed by atoms with E-state index in [-0.39, 0.29) is 0 Å². The van der Waals surface area contributed by atoms with Crippen molar-refractivity contribution in [3.8, 4) is 33.9 Å². The number of benzene rings is 5. The van der Waals surface area contributed by atoms with Gasteiger partial charge in [-0.1, -0.05) is 72.8 Å². The van der Waals surface area contributed by atoms with Gasteiger partial charge in [0.2, 0.25) is 0 Å². The first-order chi connectivity index (χ1) is 18.3. The van der Waals surface area contributed by atoms with Crippen LogP contribution in [-0.2, 0) is 0 Å². The first-order valence-corrected chi connectivity index (χ1v) is 13.0. The maximum absolute atomic E-state index is 6.30. The van der Waals surface area contributed by atoms with Crippen LogP contribution in [0.2, 0.25) is 0 Å². The van der Waals surface area contributed by atoms with Crippen molar-refractivity contribution in [2.75, 3.05) is 0 Å². The number of allylic oxidation sites excluding steroid dienone is 4. The molecule has 0 unspecified atom stereocenters. The Kier molecular flexibility index (Phi) is 3.66. The number of hydrogen-bond acceptors (Lipinski definition) is 2. The average Bonchev–Trinajstić information content (AvgIpc) is 3.29. The van der Waals surface area contributed by atoms with E-state index in [1.54, 1.807) is 0 Å². The fourth-order valence-corrected chi connectivity index (χ4v) is 6.64. The number of fused-ring (bicyclic) bond motifs is 7. The van der Waals surface area contributed by atoms with Gasteiger partial charge in [0.1, 0.15) is 11.5 Å². The van der Waals surface area contributed by atoms with Crippen molar-refractivity contribution in [2.24, 2.45) is 0 Å². The van der Waals surface area contributed by atoms with E-state index in [0.29, 0.717) is 0 Å². The van der Waals surface area contributed by atoms with Gasteiger partial charge in [-0.15, -0.1) is 0 Å². The molecule has 9 rings (SSSR count). The molecule has 1 aliphatic heterocycles. The zero-order valence-electron chi connectivity index (χ0n) is 20.1. The van der Waals surface area contributed by atoms with Gasteiger partial charge >= 0.3 is 0 Å². The SMILES string of the molecule is C1=C2C(=CCC1)c1ccc(-c3ccc4nc5c6c(cccc6c4c3)Oc3ccccc3-5)c3cccc2c13. The highest BCUT2D eigenvalue weighted by atomic mass is 16.5. The lowest BCUT2D eigenvalue weighted by atomic mass is 9.92. The van der Waals surface area contributed by atoms with Gasteiger partial charge in [-0.05, 0) is 92.7 Å². The lowest BCUT2D eigenvalue weighted by molar-refractivity contribution is 0.486. The lowest BCUT2D eigenvalue weighted by Crippen LogP contribution is -1.99. The molecule has 2 nitrogen and oxygen atoms in total. The Bertz CT molecular complexity index is 2030. The van der Waals surface area contributed by atoms with Crippen LogP contribution < -0.4 is 4.74 Å². The fourth-order valence-electron chi connectivity index (χ4n) is 6.64. The Balaban J connectivity index is 1.32. The van der Waals surface area contributed by atoms with Crippen LogP contribution in [0, 0.1) is 0 Å². The molecule has 0 spiro atoms. The molecule has 0 saturated carbocycles. The van der Waals surface area contributed by atoms with Crippen molar-refractivity contribution in [1.29, 1.82) is 0 Å². The van der Waals surface area contributed by atoms with Crippen molar-refractivity contribution >= 4 is 43.6 Å². The van der Waals surface area contributed by atoms with Crippen molar-refractivity contribution < 1.29 is 4.74 Å². The van der Waals surface area contributed by atoms with Gasteiger partial charge in [0.15, 0.2) is 0 Å². The first-order valence-electron chi connectivity index (χ1n) is 13.0. The minimum Gasteiger partial charge on any atom is -0.456 e. The third-order valence-electron chi connectivity index (χ3n) is 8.23. The molecule has 0 atom stereocenters. The lowest BCUT2D eigenvalue weighted by Gasteiger charge is -2.21. The molecule has 0 amide bonds.